The number of nitrogens with two attached hydrogens (primary N) is 1. The fraction of sp³-hybridized carbons (Fsp3) is 0.889. The minimum Gasteiger partial charge on any atom is -0.369 e. The highest BCUT2D eigenvalue weighted by Gasteiger charge is 2.35. The Morgan fingerprint density at radius 3 is 2.29 bits per heavy atom. The molecule has 1 fully saturated rings. The number of hydrogen-bond donors (Lipinski definition) is 1. The third-order valence-corrected chi connectivity index (χ3v) is 3.62. The molecular formula is C9H19N3OS. The molecule has 1 aliphatic heterocycles. The van der Waals surface area contributed by atoms with Gasteiger partial charge in [-0.1, -0.05) is 6.92 Å². The van der Waals surface area contributed by atoms with E-state index in [9.17, 15) is 4.79 Å². The van der Waals surface area contributed by atoms with Crippen molar-refractivity contribution >= 4 is 18.0 Å². The molecule has 0 aliphatic carbocycles. The van der Waals surface area contributed by atoms with Crippen molar-refractivity contribution in [2.45, 2.75) is 19.8 Å². The topological polar surface area (TPSA) is 49.6 Å². The van der Waals surface area contributed by atoms with Crippen LogP contribution in [0.2, 0.25) is 0 Å². The minimum absolute atomic E-state index is 0.160. The second-order valence-corrected chi connectivity index (χ2v) is 5.66. The zero-order valence-corrected chi connectivity index (χ0v) is 9.93. The van der Waals surface area contributed by atoms with Crippen LogP contribution in [0.15, 0.2) is 0 Å². The Labute approximate surface area is 90.1 Å². The van der Waals surface area contributed by atoms with Crippen LogP contribution in [0.5, 0.6) is 0 Å². The number of hydrogen-bond acceptors (Lipinski definition) is 4. The maximum absolute atomic E-state index is 11.2. The predicted octanol–water partition coefficient (Wildman–Crippen LogP) is 0.699. The molecule has 1 aliphatic rings. The molecule has 2 N–H and O–H groups in total. The van der Waals surface area contributed by atoms with Crippen LogP contribution in [0.1, 0.15) is 19.8 Å². The van der Waals surface area contributed by atoms with Crippen molar-refractivity contribution in [3.63, 3.8) is 0 Å². The lowest BCUT2D eigenvalue weighted by atomic mass is 9.80. The molecule has 0 unspecified atom stereocenters. The summed E-state index contributed by atoms with van der Waals surface area (Å²) >= 11 is 1.70. The Bertz CT molecular complexity index is 212. The Morgan fingerprint density at radius 2 is 1.93 bits per heavy atom. The first-order valence-electron chi connectivity index (χ1n) is 4.84. The maximum Gasteiger partial charge on any atom is 0.223 e. The summed E-state index contributed by atoms with van der Waals surface area (Å²) in [4.78, 5) is 11.2. The van der Waals surface area contributed by atoms with Gasteiger partial charge in [-0.25, -0.2) is 8.61 Å². The molecule has 0 spiro atoms. The van der Waals surface area contributed by atoms with Crippen molar-refractivity contribution in [3.05, 3.63) is 0 Å². The van der Waals surface area contributed by atoms with E-state index in [-0.39, 0.29) is 11.3 Å². The van der Waals surface area contributed by atoms with Gasteiger partial charge in [-0.3, -0.25) is 4.79 Å². The maximum atomic E-state index is 11.2. The van der Waals surface area contributed by atoms with Crippen LogP contribution in [-0.2, 0) is 4.79 Å². The van der Waals surface area contributed by atoms with Gasteiger partial charge in [0.1, 0.15) is 0 Å². The lowest BCUT2D eigenvalue weighted by molar-refractivity contribution is -0.128. The largest absolute Gasteiger partial charge is 0.369 e. The van der Waals surface area contributed by atoms with E-state index >= 15 is 0 Å². The van der Waals surface area contributed by atoms with Crippen molar-refractivity contribution in [1.82, 2.24) is 8.61 Å². The second-order valence-electron chi connectivity index (χ2n) is 4.25. The Balaban J connectivity index is 2.42. The predicted molar refractivity (Wildman–Crippen MR) is 59.4 cm³/mol. The van der Waals surface area contributed by atoms with Crippen molar-refractivity contribution < 1.29 is 4.79 Å². The van der Waals surface area contributed by atoms with E-state index in [2.05, 4.69) is 8.61 Å². The third kappa shape index (κ3) is 2.87. The smallest absolute Gasteiger partial charge is 0.223 e. The highest BCUT2D eigenvalue weighted by Crippen LogP contribution is 2.33. The molecule has 1 rings (SSSR count). The Hall–Kier alpha value is -0.260. The Kier molecular flexibility index (Phi) is 3.80. The molecule has 0 saturated carbocycles. The lowest BCUT2D eigenvalue weighted by Gasteiger charge is -2.37. The molecule has 82 valence electrons. The molecule has 1 amide bonds. The van der Waals surface area contributed by atoms with Gasteiger partial charge in [-0.15, -0.1) is 0 Å². The first-order chi connectivity index (χ1) is 6.44. The van der Waals surface area contributed by atoms with Crippen LogP contribution >= 0.6 is 12.1 Å². The SMILES string of the molecule is CN(C)SN1CCC(C)(C(N)=O)CC1. The first kappa shape index (κ1) is 11.8. The number of rotatable bonds is 3. The molecule has 0 aromatic carbocycles. The summed E-state index contributed by atoms with van der Waals surface area (Å²) in [7, 11) is 4.04. The zero-order valence-electron chi connectivity index (χ0n) is 9.12. The van der Waals surface area contributed by atoms with Crippen molar-refractivity contribution in [2.75, 3.05) is 27.2 Å². The fourth-order valence-electron chi connectivity index (χ4n) is 1.54. The molecule has 14 heavy (non-hydrogen) atoms. The molecule has 5 heteroatoms. The first-order valence-corrected chi connectivity index (χ1v) is 5.57. The zero-order chi connectivity index (χ0) is 10.8. The fourth-order valence-corrected chi connectivity index (χ4v) is 2.35. The summed E-state index contributed by atoms with van der Waals surface area (Å²) < 4.78 is 4.33. The van der Waals surface area contributed by atoms with Crippen LogP contribution in [0.25, 0.3) is 0 Å². The molecule has 1 heterocycles. The van der Waals surface area contributed by atoms with Gasteiger partial charge in [0.05, 0.1) is 0 Å². The molecule has 1 saturated heterocycles. The van der Waals surface area contributed by atoms with Crippen LogP contribution in [0.3, 0.4) is 0 Å². The van der Waals surface area contributed by atoms with Gasteiger partial charge in [0.2, 0.25) is 5.91 Å². The average molecular weight is 217 g/mol. The number of primary amides is 1. The molecule has 0 atom stereocenters. The van der Waals surface area contributed by atoms with E-state index in [1.54, 1.807) is 12.1 Å². The standard InChI is InChI=1S/C9H19N3OS/c1-9(8(10)13)4-6-12(7-5-9)14-11(2)3/h4-7H2,1-3H3,(H2,10,13). The number of amides is 1. The highest BCUT2D eigenvalue weighted by atomic mass is 32.2. The summed E-state index contributed by atoms with van der Waals surface area (Å²) in [6, 6.07) is 0. The van der Waals surface area contributed by atoms with E-state index in [4.69, 9.17) is 5.73 Å². The van der Waals surface area contributed by atoms with Gasteiger partial charge < -0.3 is 5.73 Å². The molecule has 0 bridgehead atoms. The van der Waals surface area contributed by atoms with Gasteiger partial charge in [0, 0.05) is 30.6 Å². The summed E-state index contributed by atoms with van der Waals surface area (Å²) in [6.45, 7) is 3.83. The van der Waals surface area contributed by atoms with Gasteiger partial charge in [0.15, 0.2) is 0 Å². The molecule has 0 radical (unpaired) electrons. The summed E-state index contributed by atoms with van der Waals surface area (Å²) in [5.41, 5.74) is 5.09. The van der Waals surface area contributed by atoms with Crippen LogP contribution < -0.4 is 5.73 Å². The normalized spacial score (nSPS) is 22.6. The number of nitrogens with zero attached hydrogens (tertiary/aromatic N) is 2. The van der Waals surface area contributed by atoms with E-state index in [0.717, 1.165) is 25.9 Å². The third-order valence-electron chi connectivity index (χ3n) is 2.70. The summed E-state index contributed by atoms with van der Waals surface area (Å²) in [5, 5.41) is 0. The highest BCUT2D eigenvalue weighted by molar-refractivity contribution is 7.94. The van der Waals surface area contributed by atoms with Crippen molar-refractivity contribution in [2.24, 2.45) is 11.1 Å². The summed E-state index contributed by atoms with van der Waals surface area (Å²) in [5.74, 6) is -0.160. The molecule has 0 aromatic heterocycles. The van der Waals surface area contributed by atoms with Gasteiger partial charge >= 0.3 is 0 Å². The van der Waals surface area contributed by atoms with Crippen LogP contribution in [0, 0.1) is 5.41 Å². The quantitative estimate of drug-likeness (QED) is 0.707. The molecule has 0 aromatic rings. The van der Waals surface area contributed by atoms with E-state index in [0.29, 0.717) is 0 Å². The van der Waals surface area contributed by atoms with Crippen LogP contribution in [-0.4, -0.2) is 41.7 Å². The van der Waals surface area contributed by atoms with E-state index < -0.39 is 0 Å². The monoisotopic (exact) mass is 217 g/mol. The molecule has 4 nitrogen and oxygen atoms in total. The van der Waals surface area contributed by atoms with E-state index in [1.807, 2.05) is 21.0 Å². The lowest BCUT2D eigenvalue weighted by Crippen LogP contribution is -2.43. The van der Waals surface area contributed by atoms with Crippen molar-refractivity contribution in [3.8, 4) is 0 Å². The van der Waals surface area contributed by atoms with Gasteiger partial charge in [-0.2, -0.15) is 0 Å². The number of carbonyl (C=O) groups is 1. The second kappa shape index (κ2) is 4.51. The van der Waals surface area contributed by atoms with Crippen molar-refractivity contribution in [1.29, 1.82) is 0 Å². The van der Waals surface area contributed by atoms with Gasteiger partial charge in [-0.05, 0) is 26.9 Å². The summed E-state index contributed by atoms with van der Waals surface area (Å²) in [6.07, 6.45) is 1.73. The van der Waals surface area contributed by atoms with E-state index in [1.165, 1.54) is 0 Å². The minimum atomic E-state index is -0.288. The van der Waals surface area contributed by atoms with Gasteiger partial charge in [0.25, 0.3) is 0 Å². The number of piperidine rings is 1. The van der Waals surface area contributed by atoms with Crippen LogP contribution in [0.4, 0.5) is 0 Å². The number of carbonyl (C=O) groups excluding carboxylic acids is 1. The Morgan fingerprint density at radius 1 is 1.43 bits per heavy atom. The average Bonchev–Trinajstić information content (AvgIpc) is 2.08. The molecular weight excluding hydrogens is 198 g/mol.